The fraction of sp³-hybridized carbons (Fsp3) is 0.0714. The molecule has 0 N–H and O–H groups in total. The number of hydrogen-bond donors (Lipinski definition) is 0. The number of benzene rings is 4. The van der Waals surface area contributed by atoms with Crippen molar-refractivity contribution in [1.29, 1.82) is 0 Å². The molecule has 1 unspecified atom stereocenters. The summed E-state index contributed by atoms with van der Waals surface area (Å²) in [5.74, 6) is 0. The minimum absolute atomic E-state index is 0.935. The van der Waals surface area contributed by atoms with Gasteiger partial charge in [0.15, 0.2) is 7.14 Å². The van der Waals surface area contributed by atoms with E-state index >= 15 is 4.57 Å². The van der Waals surface area contributed by atoms with Crippen LogP contribution in [0.25, 0.3) is 10.9 Å². The first-order valence-corrected chi connectivity index (χ1v) is 12.0. The number of hydrogen-bond acceptors (Lipinski definition) is 1. The van der Waals surface area contributed by atoms with E-state index in [1.54, 1.807) is 0 Å². The Morgan fingerprint density at radius 1 is 0.567 bits per heavy atom. The molecule has 0 aliphatic carbocycles. The van der Waals surface area contributed by atoms with E-state index < -0.39 is 7.14 Å². The van der Waals surface area contributed by atoms with Gasteiger partial charge in [0, 0.05) is 21.5 Å². The molecular formula is C28H23OP. The van der Waals surface area contributed by atoms with Gasteiger partial charge in [0.2, 0.25) is 0 Å². The van der Waals surface area contributed by atoms with Gasteiger partial charge in [0.1, 0.15) is 0 Å². The molecule has 0 saturated carbocycles. The topological polar surface area (TPSA) is 17.1 Å². The SMILES string of the molecule is Cc1ccccc1P1(=O)C(c2ccccc2)=C(c2ccccc2)c2cccc(C)c21. The summed E-state index contributed by atoms with van der Waals surface area (Å²) in [5.41, 5.74) is 6.46. The molecule has 1 nitrogen and oxygen atoms in total. The van der Waals surface area contributed by atoms with Crippen molar-refractivity contribution >= 4 is 28.6 Å². The summed E-state index contributed by atoms with van der Waals surface area (Å²) >= 11 is 0. The third kappa shape index (κ3) is 2.74. The highest BCUT2D eigenvalue weighted by atomic mass is 31.2. The molecule has 1 aliphatic rings. The maximum Gasteiger partial charge on any atom is 0.173 e. The third-order valence-electron chi connectivity index (χ3n) is 5.94. The number of aryl methyl sites for hydroxylation is 2. The summed E-state index contributed by atoms with van der Waals surface area (Å²) in [5, 5.41) is 2.87. The second kappa shape index (κ2) is 7.27. The maximum absolute atomic E-state index is 15.3. The Hall–Kier alpha value is -3.15. The van der Waals surface area contributed by atoms with Crippen molar-refractivity contribution in [3.05, 3.63) is 131 Å². The van der Waals surface area contributed by atoms with Crippen molar-refractivity contribution in [2.24, 2.45) is 0 Å². The molecule has 146 valence electrons. The second-order valence-corrected chi connectivity index (χ2v) is 10.4. The predicted octanol–water partition coefficient (Wildman–Crippen LogP) is 6.55. The quantitative estimate of drug-likeness (QED) is 0.353. The van der Waals surface area contributed by atoms with Gasteiger partial charge in [-0.2, -0.15) is 0 Å². The summed E-state index contributed by atoms with van der Waals surface area (Å²) < 4.78 is 15.3. The van der Waals surface area contributed by atoms with E-state index in [-0.39, 0.29) is 0 Å². The lowest BCUT2D eigenvalue weighted by molar-refractivity contribution is 0.593. The zero-order valence-corrected chi connectivity index (χ0v) is 18.1. The molecule has 4 aromatic rings. The van der Waals surface area contributed by atoms with Gasteiger partial charge in [-0.1, -0.05) is 103 Å². The third-order valence-corrected chi connectivity index (χ3v) is 9.45. The number of rotatable bonds is 3. The molecule has 30 heavy (non-hydrogen) atoms. The molecule has 1 atom stereocenters. The molecule has 0 radical (unpaired) electrons. The number of fused-ring (bicyclic) bond motifs is 1. The van der Waals surface area contributed by atoms with E-state index in [0.717, 1.165) is 49.3 Å². The van der Waals surface area contributed by atoms with Crippen molar-refractivity contribution in [2.75, 3.05) is 0 Å². The van der Waals surface area contributed by atoms with Crippen LogP contribution in [0.2, 0.25) is 0 Å². The van der Waals surface area contributed by atoms with Crippen molar-refractivity contribution in [3.8, 4) is 0 Å². The van der Waals surface area contributed by atoms with Crippen molar-refractivity contribution in [2.45, 2.75) is 13.8 Å². The minimum Gasteiger partial charge on any atom is -0.309 e. The van der Waals surface area contributed by atoms with Crippen LogP contribution in [0.1, 0.15) is 27.8 Å². The lowest BCUT2D eigenvalue weighted by atomic mass is 9.95. The van der Waals surface area contributed by atoms with Gasteiger partial charge in [-0.15, -0.1) is 0 Å². The Kier molecular flexibility index (Phi) is 4.57. The fourth-order valence-corrected chi connectivity index (χ4v) is 8.40. The Balaban J connectivity index is 1.98. The van der Waals surface area contributed by atoms with Crippen LogP contribution in [0, 0.1) is 13.8 Å². The average molecular weight is 406 g/mol. The molecule has 5 rings (SSSR count). The standard InChI is InChI=1S/C28H23OP/c1-20-12-9-10-19-25(20)30(29)27-21(2)13-11-18-24(27)26(22-14-5-3-6-15-22)28(30)23-16-7-4-8-17-23/h3-19H,1-2H3. The summed E-state index contributed by atoms with van der Waals surface area (Å²) in [6.07, 6.45) is 0. The molecule has 0 saturated heterocycles. The van der Waals surface area contributed by atoms with Crippen molar-refractivity contribution in [3.63, 3.8) is 0 Å². The molecule has 0 aromatic heterocycles. The summed E-state index contributed by atoms with van der Waals surface area (Å²) in [4.78, 5) is 0. The Labute approximate surface area is 178 Å². The van der Waals surface area contributed by atoms with Crippen LogP contribution in [0.3, 0.4) is 0 Å². The molecular weight excluding hydrogens is 383 g/mol. The van der Waals surface area contributed by atoms with Gasteiger partial charge >= 0.3 is 0 Å². The van der Waals surface area contributed by atoms with E-state index in [1.165, 1.54) is 0 Å². The minimum atomic E-state index is -3.06. The lowest BCUT2D eigenvalue weighted by Crippen LogP contribution is -2.20. The van der Waals surface area contributed by atoms with Gasteiger partial charge in [-0.25, -0.2) is 0 Å². The van der Waals surface area contributed by atoms with E-state index in [9.17, 15) is 0 Å². The highest BCUT2D eigenvalue weighted by molar-refractivity contribution is 7.88. The molecule has 4 aromatic carbocycles. The summed E-state index contributed by atoms with van der Waals surface area (Å²) in [7, 11) is -3.06. The smallest absolute Gasteiger partial charge is 0.173 e. The zero-order chi connectivity index (χ0) is 20.7. The van der Waals surface area contributed by atoms with Crippen LogP contribution in [0.4, 0.5) is 0 Å². The molecule has 1 aliphatic heterocycles. The molecule has 2 heteroatoms. The van der Waals surface area contributed by atoms with Crippen molar-refractivity contribution in [1.82, 2.24) is 0 Å². The van der Waals surface area contributed by atoms with Crippen LogP contribution in [0.5, 0.6) is 0 Å². The predicted molar refractivity (Wildman–Crippen MR) is 128 cm³/mol. The first-order valence-electron chi connectivity index (χ1n) is 10.2. The summed E-state index contributed by atoms with van der Waals surface area (Å²) in [6.45, 7) is 4.15. The van der Waals surface area contributed by atoms with Crippen LogP contribution < -0.4 is 10.6 Å². The van der Waals surface area contributed by atoms with E-state index in [4.69, 9.17) is 0 Å². The van der Waals surface area contributed by atoms with Crippen molar-refractivity contribution < 1.29 is 4.57 Å². The molecule has 0 amide bonds. The van der Waals surface area contributed by atoms with Crippen LogP contribution in [-0.2, 0) is 4.57 Å². The van der Waals surface area contributed by atoms with Gasteiger partial charge in [0.25, 0.3) is 0 Å². The maximum atomic E-state index is 15.3. The molecule has 1 heterocycles. The largest absolute Gasteiger partial charge is 0.309 e. The highest BCUT2D eigenvalue weighted by Crippen LogP contribution is 2.66. The normalized spacial score (nSPS) is 17.8. The van der Waals surface area contributed by atoms with Gasteiger partial charge in [-0.3, -0.25) is 0 Å². The zero-order valence-electron chi connectivity index (χ0n) is 17.2. The lowest BCUT2D eigenvalue weighted by Gasteiger charge is -2.22. The Morgan fingerprint density at radius 2 is 1.13 bits per heavy atom. The molecule has 0 spiro atoms. The van der Waals surface area contributed by atoms with Gasteiger partial charge in [0.05, 0.1) is 0 Å². The fourth-order valence-electron chi connectivity index (χ4n) is 4.65. The monoisotopic (exact) mass is 406 g/mol. The van der Waals surface area contributed by atoms with Crippen LogP contribution in [-0.4, -0.2) is 0 Å². The summed E-state index contributed by atoms with van der Waals surface area (Å²) in [6, 6.07) is 35.0. The van der Waals surface area contributed by atoms with E-state index in [0.29, 0.717) is 0 Å². The van der Waals surface area contributed by atoms with Gasteiger partial charge < -0.3 is 4.57 Å². The van der Waals surface area contributed by atoms with Crippen LogP contribution >= 0.6 is 7.14 Å². The Bertz CT molecular complexity index is 1320. The van der Waals surface area contributed by atoms with Gasteiger partial charge in [-0.05, 0) is 41.7 Å². The first kappa shape index (κ1) is 18.9. The molecule has 0 fully saturated rings. The average Bonchev–Trinajstić information content (AvgIpc) is 3.06. The van der Waals surface area contributed by atoms with E-state index in [2.05, 4.69) is 74.5 Å². The highest BCUT2D eigenvalue weighted by Gasteiger charge is 2.44. The van der Waals surface area contributed by atoms with E-state index in [1.807, 2.05) is 42.5 Å². The Morgan fingerprint density at radius 3 is 1.80 bits per heavy atom. The first-order chi connectivity index (χ1) is 14.6. The van der Waals surface area contributed by atoms with Crippen LogP contribution in [0.15, 0.2) is 103 Å². The second-order valence-electron chi connectivity index (χ2n) is 7.82. The molecule has 0 bridgehead atoms.